The number of halogens is 1. The van der Waals surface area contributed by atoms with Crippen molar-refractivity contribution in [3.63, 3.8) is 0 Å². The van der Waals surface area contributed by atoms with Gasteiger partial charge in [0.25, 0.3) is 5.91 Å². The number of carbonyl (C=O) groups excluding carboxylic acids is 1. The lowest BCUT2D eigenvalue weighted by molar-refractivity contribution is 0.0910. The minimum Gasteiger partial charge on any atom is -0.398 e. The molecule has 18 heavy (non-hydrogen) atoms. The zero-order valence-corrected chi connectivity index (χ0v) is 11.3. The summed E-state index contributed by atoms with van der Waals surface area (Å²) in [5.41, 5.74) is 6.73. The van der Waals surface area contributed by atoms with Gasteiger partial charge in [0.05, 0.1) is 10.7 Å². The molecular formula is C14H19ClN2O. The fourth-order valence-corrected chi connectivity index (χ4v) is 2.58. The van der Waals surface area contributed by atoms with Crippen molar-refractivity contribution in [1.29, 1.82) is 0 Å². The standard InChI is InChI=1S/C14H19ClN2O/c1-9-4-2-3-5-13(9)17-14(18)10-6-7-11(15)12(16)8-10/h6-9,13H,2-5,16H2,1H3,(H,17,18)/t9-,13-/m1/s1. The Morgan fingerprint density at radius 3 is 2.78 bits per heavy atom. The molecule has 3 N–H and O–H groups in total. The number of nitrogens with two attached hydrogens (primary N) is 1. The molecule has 1 aromatic carbocycles. The summed E-state index contributed by atoms with van der Waals surface area (Å²) in [6, 6.07) is 5.28. The lowest BCUT2D eigenvalue weighted by atomic mass is 9.86. The second-order valence-corrected chi connectivity index (χ2v) is 5.49. The maximum absolute atomic E-state index is 12.1. The molecule has 1 saturated carbocycles. The minimum atomic E-state index is -0.0582. The molecule has 2 rings (SSSR count). The Balaban J connectivity index is 2.04. The molecule has 1 aliphatic carbocycles. The summed E-state index contributed by atoms with van der Waals surface area (Å²) in [5, 5.41) is 3.58. The summed E-state index contributed by atoms with van der Waals surface area (Å²) in [6.07, 6.45) is 4.71. The zero-order chi connectivity index (χ0) is 13.1. The Labute approximate surface area is 113 Å². The van der Waals surface area contributed by atoms with E-state index in [2.05, 4.69) is 12.2 Å². The summed E-state index contributed by atoms with van der Waals surface area (Å²) in [7, 11) is 0. The molecule has 1 aliphatic rings. The van der Waals surface area contributed by atoms with Crippen LogP contribution in [0.25, 0.3) is 0 Å². The lowest BCUT2D eigenvalue weighted by Gasteiger charge is -2.29. The van der Waals surface area contributed by atoms with Crippen LogP contribution in [0.4, 0.5) is 5.69 Å². The minimum absolute atomic E-state index is 0.0582. The fraction of sp³-hybridized carbons (Fsp3) is 0.500. The third-order valence-electron chi connectivity index (χ3n) is 3.69. The molecule has 0 aromatic heterocycles. The average Bonchev–Trinajstić information content (AvgIpc) is 2.35. The number of hydrogen-bond acceptors (Lipinski definition) is 2. The lowest BCUT2D eigenvalue weighted by Crippen LogP contribution is -2.41. The average molecular weight is 267 g/mol. The van der Waals surface area contributed by atoms with Gasteiger partial charge in [-0.2, -0.15) is 0 Å². The van der Waals surface area contributed by atoms with Crippen molar-refractivity contribution in [2.75, 3.05) is 5.73 Å². The normalized spacial score (nSPS) is 23.7. The first kappa shape index (κ1) is 13.2. The number of hydrogen-bond donors (Lipinski definition) is 2. The van der Waals surface area contributed by atoms with Gasteiger partial charge in [0, 0.05) is 11.6 Å². The maximum Gasteiger partial charge on any atom is 0.251 e. The van der Waals surface area contributed by atoms with Crippen LogP contribution >= 0.6 is 11.6 Å². The summed E-state index contributed by atoms with van der Waals surface area (Å²) in [5.74, 6) is 0.490. The molecule has 1 amide bonds. The largest absolute Gasteiger partial charge is 0.398 e. The third kappa shape index (κ3) is 2.96. The van der Waals surface area contributed by atoms with Gasteiger partial charge in [-0.25, -0.2) is 0 Å². The first-order valence-corrected chi connectivity index (χ1v) is 6.81. The molecular weight excluding hydrogens is 248 g/mol. The van der Waals surface area contributed by atoms with E-state index in [0.29, 0.717) is 22.2 Å². The van der Waals surface area contributed by atoms with Crippen molar-refractivity contribution >= 4 is 23.2 Å². The van der Waals surface area contributed by atoms with Crippen molar-refractivity contribution in [3.8, 4) is 0 Å². The van der Waals surface area contributed by atoms with E-state index in [0.717, 1.165) is 6.42 Å². The number of amides is 1. The first-order valence-electron chi connectivity index (χ1n) is 6.44. The molecule has 0 spiro atoms. The molecule has 1 aromatic rings. The highest BCUT2D eigenvalue weighted by molar-refractivity contribution is 6.33. The molecule has 0 radical (unpaired) electrons. The summed E-state index contributed by atoms with van der Waals surface area (Å²) >= 11 is 5.84. The van der Waals surface area contributed by atoms with E-state index in [9.17, 15) is 4.79 Å². The van der Waals surface area contributed by atoms with E-state index in [-0.39, 0.29) is 11.9 Å². The Morgan fingerprint density at radius 1 is 1.39 bits per heavy atom. The topological polar surface area (TPSA) is 55.1 Å². The first-order chi connectivity index (χ1) is 8.58. The molecule has 0 saturated heterocycles. The van der Waals surface area contributed by atoms with Gasteiger partial charge in [-0.15, -0.1) is 0 Å². The van der Waals surface area contributed by atoms with Gasteiger partial charge in [-0.3, -0.25) is 4.79 Å². The van der Waals surface area contributed by atoms with Gasteiger partial charge in [-0.1, -0.05) is 31.4 Å². The third-order valence-corrected chi connectivity index (χ3v) is 4.03. The SMILES string of the molecule is C[C@@H]1CCCC[C@H]1NC(=O)c1ccc(Cl)c(N)c1. The smallest absolute Gasteiger partial charge is 0.251 e. The van der Waals surface area contributed by atoms with Crippen molar-refractivity contribution in [2.45, 2.75) is 38.6 Å². The molecule has 2 atom stereocenters. The van der Waals surface area contributed by atoms with Crippen LogP contribution in [0.3, 0.4) is 0 Å². The van der Waals surface area contributed by atoms with Crippen LogP contribution in [0, 0.1) is 5.92 Å². The van der Waals surface area contributed by atoms with Gasteiger partial charge in [0.15, 0.2) is 0 Å². The fourth-order valence-electron chi connectivity index (χ4n) is 2.47. The Kier molecular flexibility index (Phi) is 4.12. The molecule has 0 unspecified atom stereocenters. The van der Waals surface area contributed by atoms with Gasteiger partial charge < -0.3 is 11.1 Å². The van der Waals surface area contributed by atoms with Crippen LogP contribution in [0.1, 0.15) is 43.0 Å². The van der Waals surface area contributed by atoms with Crippen LogP contribution < -0.4 is 11.1 Å². The zero-order valence-electron chi connectivity index (χ0n) is 10.6. The van der Waals surface area contributed by atoms with Crippen molar-refractivity contribution in [2.24, 2.45) is 5.92 Å². The molecule has 0 heterocycles. The molecule has 0 bridgehead atoms. The van der Waals surface area contributed by atoms with Crippen molar-refractivity contribution in [1.82, 2.24) is 5.32 Å². The van der Waals surface area contributed by atoms with Gasteiger partial charge in [-0.05, 0) is 37.0 Å². The highest BCUT2D eigenvalue weighted by Crippen LogP contribution is 2.24. The van der Waals surface area contributed by atoms with E-state index in [1.807, 2.05) is 0 Å². The number of rotatable bonds is 2. The number of nitrogen functional groups attached to an aromatic ring is 1. The molecule has 98 valence electrons. The molecule has 3 nitrogen and oxygen atoms in total. The second kappa shape index (κ2) is 5.61. The van der Waals surface area contributed by atoms with E-state index in [4.69, 9.17) is 17.3 Å². The highest BCUT2D eigenvalue weighted by atomic mass is 35.5. The van der Waals surface area contributed by atoms with E-state index in [1.54, 1.807) is 18.2 Å². The van der Waals surface area contributed by atoms with Crippen LogP contribution in [-0.2, 0) is 0 Å². The Morgan fingerprint density at radius 2 is 2.11 bits per heavy atom. The molecule has 4 heteroatoms. The predicted octanol–water partition coefficient (Wildman–Crippen LogP) is 3.23. The van der Waals surface area contributed by atoms with Crippen molar-refractivity contribution in [3.05, 3.63) is 28.8 Å². The van der Waals surface area contributed by atoms with Crippen LogP contribution in [0.5, 0.6) is 0 Å². The van der Waals surface area contributed by atoms with E-state index in [1.165, 1.54) is 19.3 Å². The van der Waals surface area contributed by atoms with Gasteiger partial charge in [0.2, 0.25) is 0 Å². The number of carbonyl (C=O) groups is 1. The van der Waals surface area contributed by atoms with E-state index < -0.39 is 0 Å². The van der Waals surface area contributed by atoms with Crippen LogP contribution in [0.2, 0.25) is 5.02 Å². The van der Waals surface area contributed by atoms with Crippen LogP contribution in [0.15, 0.2) is 18.2 Å². The van der Waals surface area contributed by atoms with Crippen molar-refractivity contribution < 1.29 is 4.79 Å². The molecule has 1 fully saturated rings. The number of anilines is 1. The second-order valence-electron chi connectivity index (χ2n) is 5.08. The Bertz CT molecular complexity index is 447. The monoisotopic (exact) mass is 266 g/mol. The van der Waals surface area contributed by atoms with Gasteiger partial charge >= 0.3 is 0 Å². The number of nitrogens with one attached hydrogen (secondary N) is 1. The summed E-state index contributed by atoms with van der Waals surface area (Å²) < 4.78 is 0. The Hall–Kier alpha value is -1.22. The summed E-state index contributed by atoms with van der Waals surface area (Å²) in [4.78, 5) is 12.1. The summed E-state index contributed by atoms with van der Waals surface area (Å²) in [6.45, 7) is 2.19. The highest BCUT2D eigenvalue weighted by Gasteiger charge is 2.23. The van der Waals surface area contributed by atoms with Crippen LogP contribution in [-0.4, -0.2) is 11.9 Å². The number of benzene rings is 1. The quantitative estimate of drug-likeness (QED) is 0.808. The molecule has 0 aliphatic heterocycles. The predicted molar refractivity (Wildman–Crippen MR) is 74.8 cm³/mol. The maximum atomic E-state index is 12.1. The van der Waals surface area contributed by atoms with E-state index >= 15 is 0 Å². The van der Waals surface area contributed by atoms with Gasteiger partial charge in [0.1, 0.15) is 0 Å².